The molecule has 0 spiro atoms. The van der Waals surface area contributed by atoms with Crippen LogP contribution in [-0.2, 0) is 0 Å². The Morgan fingerprint density at radius 1 is 1.00 bits per heavy atom. The summed E-state index contributed by atoms with van der Waals surface area (Å²) in [5, 5.41) is 5.13. The van der Waals surface area contributed by atoms with Crippen molar-refractivity contribution in [3.63, 3.8) is 0 Å². The average Bonchev–Trinajstić information content (AvgIpc) is 2.51. The van der Waals surface area contributed by atoms with Gasteiger partial charge in [-0.25, -0.2) is 14.4 Å². The SMILES string of the molecule is Fc1ccc(C2=CCN(N3CCCCC3)CC2)cc1Cl. The topological polar surface area (TPSA) is 6.48 Å². The normalized spacial score (nSPS) is 21.8. The van der Waals surface area contributed by atoms with Crippen LogP contribution in [0.4, 0.5) is 4.39 Å². The first-order chi connectivity index (χ1) is 9.74. The van der Waals surface area contributed by atoms with Gasteiger partial charge in [0.25, 0.3) is 0 Å². The predicted molar refractivity (Wildman–Crippen MR) is 81.0 cm³/mol. The molecule has 20 heavy (non-hydrogen) atoms. The van der Waals surface area contributed by atoms with E-state index in [4.69, 9.17) is 11.6 Å². The standard InChI is InChI=1S/C16H20ClFN2/c17-15-12-14(4-5-16(15)18)13-6-10-20(11-7-13)19-8-2-1-3-9-19/h4-6,12H,1-3,7-11H2. The number of hydrazine groups is 1. The highest BCUT2D eigenvalue weighted by molar-refractivity contribution is 6.30. The van der Waals surface area contributed by atoms with Gasteiger partial charge in [0, 0.05) is 26.2 Å². The third kappa shape index (κ3) is 3.05. The van der Waals surface area contributed by atoms with Crippen LogP contribution >= 0.6 is 11.6 Å². The number of rotatable bonds is 2. The van der Waals surface area contributed by atoms with Crippen LogP contribution < -0.4 is 0 Å². The summed E-state index contributed by atoms with van der Waals surface area (Å²) in [6, 6.07) is 5.01. The quantitative estimate of drug-likeness (QED) is 0.814. The third-order valence-corrected chi connectivity index (χ3v) is 4.50. The molecule has 0 aromatic heterocycles. The molecule has 2 heterocycles. The Balaban J connectivity index is 1.68. The molecule has 0 radical (unpaired) electrons. The molecule has 4 heteroatoms. The lowest BCUT2D eigenvalue weighted by Gasteiger charge is -2.39. The molecule has 1 aromatic carbocycles. The van der Waals surface area contributed by atoms with Gasteiger partial charge < -0.3 is 0 Å². The molecular weight excluding hydrogens is 275 g/mol. The average molecular weight is 295 g/mol. The minimum atomic E-state index is -0.346. The molecule has 2 aliphatic heterocycles. The summed E-state index contributed by atoms with van der Waals surface area (Å²) >= 11 is 5.86. The van der Waals surface area contributed by atoms with Crippen LogP contribution in [0, 0.1) is 5.82 Å². The Labute approximate surface area is 124 Å². The van der Waals surface area contributed by atoms with Crippen molar-refractivity contribution in [1.29, 1.82) is 0 Å². The van der Waals surface area contributed by atoms with Gasteiger partial charge in [0.05, 0.1) is 5.02 Å². The zero-order chi connectivity index (χ0) is 13.9. The van der Waals surface area contributed by atoms with Gasteiger partial charge in [0.1, 0.15) is 5.82 Å². The first-order valence-corrected chi connectivity index (χ1v) is 7.76. The number of benzene rings is 1. The van der Waals surface area contributed by atoms with Gasteiger partial charge in [-0.1, -0.05) is 30.2 Å². The van der Waals surface area contributed by atoms with Crippen molar-refractivity contribution < 1.29 is 4.39 Å². The van der Waals surface area contributed by atoms with Gasteiger partial charge >= 0.3 is 0 Å². The Kier molecular flexibility index (Phi) is 4.39. The molecule has 0 bridgehead atoms. The highest BCUT2D eigenvalue weighted by Gasteiger charge is 2.20. The summed E-state index contributed by atoms with van der Waals surface area (Å²) in [5.41, 5.74) is 2.33. The van der Waals surface area contributed by atoms with E-state index in [1.165, 1.54) is 44.0 Å². The maximum absolute atomic E-state index is 13.2. The van der Waals surface area contributed by atoms with E-state index in [2.05, 4.69) is 16.1 Å². The molecule has 3 rings (SSSR count). The summed E-state index contributed by atoms with van der Waals surface area (Å²) in [4.78, 5) is 0. The Bertz CT molecular complexity index is 509. The Morgan fingerprint density at radius 3 is 2.45 bits per heavy atom. The van der Waals surface area contributed by atoms with E-state index in [9.17, 15) is 4.39 Å². The third-order valence-electron chi connectivity index (χ3n) is 4.21. The van der Waals surface area contributed by atoms with Crippen molar-refractivity contribution in [3.8, 4) is 0 Å². The van der Waals surface area contributed by atoms with Gasteiger partial charge in [-0.05, 0) is 42.5 Å². The maximum Gasteiger partial charge on any atom is 0.141 e. The van der Waals surface area contributed by atoms with E-state index < -0.39 is 0 Å². The van der Waals surface area contributed by atoms with E-state index in [0.29, 0.717) is 0 Å². The number of hydrogen-bond donors (Lipinski definition) is 0. The van der Waals surface area contributed by atoms with Gasteiger partial charge in [-0.3, -0.25) is 0 Å². The van der Waals surface area contributed by atoms with E-state index in [-0.39, 0.29) is 10.8 Å². The van der Waals surface area contributed by atoms with Crippen LogP contribution in [0.15, 0.2) is 24.3 Å². The van der Waals surface area contributed by atoms with Crippen LogP contribution in [0.2, 0.25) is 5.02 Å². The molecule has 1 aromatic rings. The molecule has 0 saturated carbocycles. The van der Waals surface area contributed by atoms with Crippen molar-refractivity contribution in [2.45, 2.75) is 25.7 Å². The van der Waals surface area contributed by atoms with Crippen molar-refractivity contribution >= 4 is 17.2 Å². The lowest BCUT2D eigenvalue weighted by molar-refractivity contribution is -0.0304. The summed E-state index contributed by atoms with van der Waals surface area (Å²) in [6.45, 7) is 4.36. The van der Waals surface area contributed by atoms with Gasteiger partial charge in [0.15, 0.2) is 0 Å². The predicted octanol–water partition coefficient (Wildman–Crippen LogP) is 3.97. The molecule has 0 aliphatic carbocycles. The number of piperidine rings is 1. The van der Waals surface area contributed by atoms with Gasteiger partial charge in [0.2, 0.25) is 0 Å². The molecular formula is C16H20ClFN2. The Hall–Kier alpha value is -0.900. The van der Waals surface area contributed by atoms with Crippen LogP contribution in [0.5, 0.6) is 0 Å². The molecule has 0 N–H and O–H groups in total. The molecule has 1 saturated heterocycles. The Morgan fingerprint density at radius 2 is 1.80 bits per heavy atom. The molecule has 108 valence electrons. The van der Waals surface area contributed by atoms with Crippen molar-refractivity contribution in [1.82, 2.24) is 10.0 Å². The molecule has 0 amide bonds. The molecule has 1 fully saturated rings. The number of nitrogens with zero attached hydrogens (tertiary/aromatic N) is 2. The smallest absolute Gasteiger partial charge is 0.141 e. The van der Waals surface area contributed by atoms with Crippen molar-refractivity contribution in [2.75, 3.05) is 26.2 Å². The highest BCUT2D eigenvalue weighted by atomic mass is 35.5. The van der Waals surface area contributed by atoms with Gasteiger partial charge in [-0.2, -0.15) is 0 Å². The first-order valence-electron chi connectivity index (χ1n) is 7.38. The van der Waals surface area contributed by atoms with Crippen LogP contribution in [0.3, 0.4) is 0 Å². The van der Waals surface area contributed by atoms with E-state index in [1.54, 1.807) is 6.07 Å². The minimum Gasteiger partial charge on any atom is -0.241 e. The van der Waals surface area contributed by atoms with Crippen molar-refractivity contribution in [3.05, 3.63) is 40.7 Å². The number of hydrogen-bond acceptors (Lipinski definition) is 2. The number of halogens is 2. The molecule has 2 nitrogen and oxygen atoms in total. The second kappa shape index (κ2) is 6.25. The second-order valence-electron chi connectivity index (χ2n) is 5.54. The molecule has 0 unspecified atom stereocenters. The zero-order valence-corrected chi connectivity index (χ0v) is 12.4. The molecule has 2 aliphatic rings. The fourth-order valence-corrected chi connectivity index (χ4v) is 3.21. The monoisotopic (exact) mass is 294 g/mol. The van der Waals surface area contributed by atoms with Crippen LogP contribution in [0.25, 0.3) is 5.57 Å². The van der Waals surface area contributed by atoms with Gasteiger partial charge in [-0.15, -0.1) is 0 Å². The zero-order valence-electron chi connectivity index (χ0n) is 11.6. The summed E-state index contributed by atoms with van der Waals surface area (Å²) in [6.07, 6.45) is 7.22. The lowest BCUT2D eigenvalue weighted by Crippen LogP contribution is -2.47. The first kappa shape index (κ1) is 14.1. The maximum atomic E-state index is 13.2. The van der Waals surface area contributed by atoms with Crippen LogP contribution in [-0.4, -0.2) is 36.2 Å². The fourth-order valence-electron chi connectivity index (χ4n) is 3.03. The molecule has 0 atom stereocenters. The second-order valence-corrected chi connectivity index (χ2v) is 5.94. The summed E-state index contributed by atoms with van der Waals surface area (Å²) in [5.74, 6) is -0.346. The van der Waals surface area contributed by atoms with E-state index >= 15 is 0 Å². The lowest BCUT2D eigenvalue weighted by atomic mass is 10.00. The summed E-state index contributed by atoms with van der Waals surface area (Å²) < 4.78 is 13.2. The van der Waals surface area contributed by atoms with E-state index in [1.807, 2.05) is 6.07 Å². The van der Waals surface area contributed by atoms with Crippen LogP contribution in [0.1, 0.15) is 31.2 Å². The minimum absolute atomic E-state index is 0.210. The summed E-state index contributed by atoms with van der Waals surface area (Å²) in [7, 11) is 0. The van der Waals surface area contributed by atoms with E-state index in [0.717, 1.165) is 25.1 Å². The highest BCUT2D eigenvalue weighted by Crippen LogP contribution is 2.27. The fraction of sp³-hybridized carbons (Fsp3) is 0.500. The largest absolute Gasteiger partial charge is 0.241 e. The van der Waals surface area contributed by atoms with Crippen molar-refractivity contribution in [2.24, 2.45) is 0 Å².